The van der Waals surface area contributed by atoms with Crippen molar-refractivity contribution in [1.29, 1.82) is 0 Å². The maximum absolute atomic E-state index is 11.5. The Labute approximate surface area is 82.8 Å². The molecule has 2 unspecified atom stereocenters. The number of rotatable bonds is 1. The van der Waals surface area contributed by atoms with Gasteiger partial charge < -0.3 is 9.84 Å². The highest BCUT2D eigenvalue weighted by Gasteiger charge is 2.35. The third kappa shape index (κ3) is 3.19. The van der Waals surface area contributed by atoms with Crippen molar-refractivity contribution in [2.75, 3.05) is 11.5 Å². The lowest BCUT2D eigenvalue weighted by Gasteiger charge is -2.22. The number of carbonyl (C=O) groups is 1. The Bertz CT molecular complexity index is 198. The van der Waals surface area contributed by atoms with E-state index in [1.54, 1.807) is 11.8 Å². The van der Waals surface area contributed by atoms with Gasteiger partial charge in [0.25, 0.3) is 0 Å². The summed E-state index contributed by atoms with van der Waals surface area (Å²) in [4.78, 5) is 11.5. The first-order chi connectivity index (χ1) is 5.90. The summed E-state index contributed by atoms with van der Waals surface area (Å²) in [5, 5.41) is 9.43. The Morgan fingerprint density at radius 3 is 2.46 bits per heavy atom. The topological polar surface area (TPSA) is 46.5 Å². The van der Waals surface area contributed by atoms with E-state index >= 15 is 0 Å². The van der Waals surface area contributed by atoms with Gasteiger partial charge in [-0.1, -0.05) is 0 Å². The van der Waals surface area contributed by atoms with Crippen LogP contribution in [0.15, 0.2) is 0 Å². The largest absolute Gasteiger partial charge is 0.460 e. The second-order valence-corrected chi connectivity index (χ2v) is 5.32. The molecule has 0 spiro atoms. The van der Waals surface area contributed by atoms with E-state index in [0.29, 0.717) is 11.5 Å². The van der Waals surface area contributed by atoms with Crippen LogP contribution in [-0.4, -0.2) is 34.3 Å². The van der Waals surface area contributed by atoms with Crippen molar-refractivity contribution >= 4 is 17.7 Å². The van der Waals surface area contributed by atoms with Gasteiger partial charge in [0.15, 0.2) is 0 Å². The van der Waals surface area contributed by atoms with Gasteiger partial charge in [-0.3, -0.25) is 4.79 Å². The molecule has 1 fully saturated rings. The standard InChI is InChI=1S/C9H16O3S/c1-9(2,3)12-8(11)6-4-13-5-7(6)10/h6-7,10H,4-5H2,1-3H3. The van der Waals surface area contributed by atoms with Gasteiger partial charge in [0.2, 0.25) is 0 Å². The second-order valence-electron chi connectivity index (χ2n) is 4.24. The Balaban J connectivity index is 2.48. The number of carbonyl (C=O) groups excluding carboxylic acids is 1. The van der Waals surface area contributed by atoms with Crippen molar-refractivity contribution in [3.8, 4) is 0 Å². The zero-order valence-electron chi connectivity index (χ0n) is 8.24. The highest BCUT2D eigenvalue weighted by atomic mass is 32.2. The minimum Gasteiger partial charge on any atom is -0.460 e. The van der Waals surface area contributed by atoms with Crippen LogP contribution in [0, 0.1) is 5.92 Å². The first kappa shape index (κ1) is 10.9. The van der Waals surface area contributed by atoms with E-state index < -0.39 is 11.7 Å². The van der Waals surface area contributed by atoms with Crippen molar-refractivity contribution in [2.24, 2.45) is 5.92 Å². The summed E-state index contributed by atoms with van der Waals surface area (Å²) in [5.74, 6) is 0.717. The van der Waals surface area contributed by atoms with E-state index in [4.69, 9.17) is 4.74 Å². The van der Waals surface area contributed by atoms with Crippen LogP contribution in [0.25, 0.3) is 0 Å². The zero-order valence-corrected chi connectivity index (χ0v) is 9.06. The third-order valence-corrected chi connectivity index (χ3v) is 2.93. The van der Waals surface area contributed by atoms with Crippen LogP contribution in [0.5, 0.6) is 0 Å². The number of thioether (sulfide) groups is 1. The molecule has 1 saturated heterocycles. The van der Waals surface area contributed by atoms with Crippen molar-refractivity contribution < 1.29 is 14.6 Å². The van der Waals surface area contributed by atoms with E-state index in [0.717, 1.165) is 0 Å². The van der Waals surface area contributed by atoms with Crippen LogP contribution < -0.4 is 0 Å². The molecule has 1 N–H and O–H groups in total. The van der Waals surface area contributed by atoms with Gasteiger partial charge in [-0.15, -0.1) is 0 Å². The predicted molar refractivity (Wildman–Crippen MR) is 52.7 cm³/mol. The number of hydrogen-bond acceptors (Lipinski definition) is 4. The molecule has 1 aliphatic heterocycles. The first-order valence-electron chi connectivity index (χ1n) is 4.39. The number of aliphatic hydroxyl groups is 1. The average molecular weight is 204 g/mol. The molecule has 0 amide bonds. The van der Waals surface area contributed by atoms with E-state index in [-0.39, 0.29) is 11.9 Å². The summed E-state index contributed by atoms with van der Waals surface area (Å²) in [6, 6.07) is 0. The quantitative estimate of drug-likeness (QED) is 0.649. The molecule has 1 aliphatic rings. The maximum atomic E-state index is 11.5. The molecule has 4 heteroatoms. The van der Waals surface area contributed by atoms with Gasteiger partial charge in [-0.25, -0.2) is 0 Å². The molecule has 0 radical (unpaired) electrons. The van der Waals surface area contributed by atoms with Crippen LogP contribution in [0.4, 0.5) is 0 Å². The van der Waals surface area contributed by atoms with Gasteiger partial charge in [0, 0.05) is 11.5 Å². The second kappa shape index (κ2) is 3.88. The van der Waals surface area contributed by atoms with Gasteiger partial charge in [-0.2, -0.15) is 11.8 Å². The van der Waals surface area contributed by atoms with Crippen molar-refractivity contribution in [3.05, 3.63) is 0 Å². The van der Waals surface area contributed by atoms with Gasteiger partial charge in [0.1, 0.15) is 5.60 Å². The molecule has 1 heterocycles. The molecular formula is C9H16O3S. The fourth-order valence-electron chi connectivity index (χ4n) is 1.15. The zero-order chi connectivity index (χ0) is 10.1. The molecule has 0 aromatic rings. The van der Waals surface area contributed by atoms with Gasteiger partial charge in [0.05, 0.1) is 12.0 Å². The van der Waals surface area contributed by atoms with E-state index in [2.05, 4.69) is 0 Å². The Kier molecular flexibility index (Phi) is 3.24. The Hall–Kier alpha value is -0.220. The average Bonchev–Trinajstić information content (AvgIpc) is 2.30. The third-order valence-electron chi connectivity index (χ3n) is 1.76. The molecule has 1 rings (SSSR count). The first-order valence-corrected chi connectivity index (χ1v) is 5.54. The number of hydrogen-bond donors (Lipinski definition) is 1. The molecule has 0 saturated carbocycles. The van der Waals surface area contributed by atoms with E-state index in [1.807, 2.05) is 20.8 Å². The van der Waals surface area contributed by atoms with Crippen molar-refractivity contribution in [3.63, 3.8) is 0 Å². The summed E-state index contributed by atoms with van der Waals surface area (Å²) in [6.07, 6.45) is -0.528. The summed E-state index contributed by atoms with van der Waals surface area (Å²) in [6.45, 7) is 5.50. The fourth-order valence-corrected chi connectivity index (χ4v) is 2.37. The SMILES string of the molecule is CC(C)(C)OC(=O)C1CSCC1O. The van der Waals surface area contributed by atoms with Crippen LogP contribution in [0.3, 0.4) is 0 Å². The molecule has 76 valence electrons. The normalized spacial score (nSPS) is 28.9. The fraction of sp³-hybridized carbons (Fsp3) is 0.889. The van der Waals surface area contributed by atoms with Crippen LogP contribution in [0.1, 0.15) is 20.8 Å². The van der Waals surface area contributed by atoms with E-state index in [9.17, 15) is 9.90 Å². The Morgan fingerprint density at radius 2 is 2.08 bits per heavy atom. The lowest BCUT2D eigenvalue weighted by molar-refractivity contribution is -0.161. The summed E-state index contributed by atoms with van der Waals surface area (Å²) in [5.41, 5.74) is -0.454. The van der Waals surface area contributed by atoms with Crippen LogP contribution in [-0.2, 0) is 9.53 Å². The molecule has 0 aliphatic carbocycles. The van der Waals surface area contributed by atoms with E-state index in [1.165, 1.54) is 0 Å². The number of aliphatic hydroxyl groups excluding tert-OH is 1. The molecule has 2 atom stereocenters. The molecule has 0 aromatic carbocycles. The van der Waals surface area contributed by atoms with Crippen LogP contribution >= 0.6 is 11.8 Å². The highest BCUT2D eigenvalue weighted by Crippen LogP contribution is 2.26. The lowest BCUT2D eigenvalue weighted by atomic mass is 10.1. The molecule has 0 bridgehead atoms. The summed E-state index contributed by atoms with van der Waals surface area (Å²) < 4.78 is 5.18. The monoisotopic (exact) mass is 204 g/mol. The Morgan fingerprint density at radius 1 is 1.46 bits per heavy atom. The van der Waals surface area contributed by atoms with Gasteiger partial charge in [-0.05, 0) is 20.8 Å². The lowest BCUT2D eigenvalue weighted by Crippen LogP contribution is -2.34. The minimum atomic E-state index is -0.528. The minimum absolute atomic E-state index is 0.273. The smallest absolute Gasteiger partial charge is 0.312 e. The molecule has 0 aromatic heterocycles. The predicted octanol–water partition coefficient (Wildman–Crippen LogP) is 1.05. The van der Waals surface area contributed by atoms with Crippen molar-refractivity contribution in [2.45, 2.75) is 32.5 Å². The van der Waals surface area contributed by atoms with Crippen molar-refractivity contribution in [1.82, 2.24) is 0 Å². The maximum Gasteiger partial charge on any atom is 0.312 e. The highest BCUT2D eigenvalue weighted by molar-refractivity contribution is 7.99. The number of esters is 1. The summed E-state index contributed by atoms with van der Waals surface area (Å²) in [7, 11) is 0. The number of ether oxygens (including phenoxy) is 1. The van der Waals surface area contributed by atoms with Crippen LogP contribution in [0.2, 0.25) is 0 Å². The molecule has 13 heavy (non-hydrogen) atoms. The molecule has 3 nitrogen and oxygen atoms in total. The van der Waals surface area contributed by atoms with Gasteiger partial charge >= 0.3 is 5.97 Å². The summed E-state index contributed by atoms with van der Waals surface area (Å²) >= 11 is 1.59. The molecular weight excluding hydrogens is 188 g/mol.